The third kappa shape index (κ3) is 2.43. The van der Waals surface area contributed by atoms with Gasteiger partial charge in [-0.1, -0.05) is 17.7 Å². The van der Waals surface area contributed by atoms with Crippen molar-refractivity contribution in [2.24, 2.45) is 5.73 Å². The molecular formula is C17H18ClN3. The third-order valence-corrected chi connectivity index (χ3v) is 4.20. The molecule has 108 valence electrons. The van der Waals surface area contributed by atoms with E-state index in [0.29, 0.717) is 6.54 Å². The molecule has 0 aliphatic rings. The van der Waals surface area contributed by atoms with Crippen molar-refractivity contribution in [3.05, 3.63) is 52.5 Å². The monoisotopic (exact) mass is 299 g/mol. The number of benzene rings is 2. The maximum Gasteiger partial charge on any atom is 0.141 e. The van der Waals surface area contributed by atoms with Gasteiger partial charge in [-0.15, -0.1) is 0 Å². The molecule has 2 N–H and O–H groups in total. The van der Waals surface area contributed by atoms with Gasteiger partial charge >= 0.3 is 0 Å². The first-order valence-electron chi connectivity index (χ1n) is 7.09. The van der Waals surface area contributed by atoms with E-state index in [0.717, 1.165) is 45.1 Å². The number of aryl methyl sites for hydroxylation is 2. The highest BCUT2D eigenvalue weighted by Crippen LogP contribution is 2.28. The van der Waals surface area contributed by atoms with E-state index in [2.05, 4.69) is 35.8 Å². The zero-order valence-corrected chi connectivity index (χ0v) is 13.0. The normalized spacial score (nSPS) is 11.2. The molecule has 0 unspecified atom stereocenters. The summed E-state index contributed by atoms with van der Waals surface area (Å²) < 4.78 is 2.22. The summed E-state index contributed by atoms with van der Waals surface area (Å²) in [6, 6.07) is 12.3. The Balaban J connectivity index is 2.23. The Labute approximate surface area is 129 Å². The molecule has 3 aromatic rings. The van der Waals surface area contributed by atoms with E-state index in [9.17, 15) is 0 Å². The maximum atomic E-state index is 6.12. The van der Waals surface area contributed by atoms with Crippen LogP contribution in [0.15, 0.2) is 36.4 Å². The summed E-state index contributed by atoms with van der Waals surface area (Å²) in [5, 5.41) is 0.781. The minimum atomic E-state index is 0.532. The van der Waals surface area contributed by atoms with Gasteiger partial charge < -0.3 is 10.3 Å². The van der Waals surface area contributed by atoms with Crippen LogP contribution in [0.3, 0.4) is 0 Å². The van der Waals surface area contributed by atoms with Crippen molar-refractivity contribution in [2.75, 3.05) is 0 Å². The summed E-state index contributed by atoms with van der Waals surface area (Å²) in [6.45, 7) is 5.54. The average molecular weight is 300 g/mol. The van der Waals surface area contributed by atoms with Crippen LogP contribution in [0.25, 0.3) is 22.4 Å². The average Bonchev–Trinajstić information content (AvgIpc) is 2.87. The van der Waals surface area contributed by atoms with Gasteiger partial charge in [-0.05, 0) is 55.3 Å². The van der Waals surface area contributed by atoms with Crippen LogP contribution in [0.4, 0.5) is 0 Å². The second kappa shape index (κ2) is 5.51. The minimum Gasteiger partial charge on any atom is -0.326 e. The Morgan fingerprint density at radius 3 is 2.67 bits per heavy atom. The number of rotatable bonds is 3. The van der Waals surface area contributed by atoms with Gasteiger partial charge in [0.2, 0.25) is 0 Å². The van der Waals surface area contributed by atoms with Crippen LogP contribution < -0.4 is 5.73 Å². The van der Waals surface area contributed by atoms with Gasteiger partial charge in [0.1, 0.15) is 5.82 Å². The van der Waals surface area contributed by atoms with Crippen LogP contribution >= 0.6 is 11.6 Å². The molecule has 0 saturated carbocycles. The van der Waals surface area contributed by atoms with Crippen LogP contribution in [0, 0.1) is 6.92 Å². The predicted octanol–water partition coefficient (Wildman–Crippen LogP) is 4.14. The largest absolute Gasteiger partial charge is 0.326 e. The summed E-state index contributed by atoms with van der Waals surface area (Å²) in [4.78, 5) is 4.80. The highest BCUT2D eigenvalue weighted by Gasteiger charge is 2.12. The fourth-order valence-corrected chi connectivity index (χ4v) is 2.74. The molecule has 21 heavy (non-hydrogen) atoms. The zero-order valence-electron chi connectivity index (χ0n) is 12.2. The standard InChI is InChI=1S/C17H18ClN3/c1-3-21-16-7-4-12(10-19)9-15(16)20-17(21)13-5-6-14(18)11(2)8-13/h4-9H,3,10,19H2,1-2H3. The fraction of sp³-hybridized carbons (Fsp3) is 0.235. The van der Waals surface area contributed by atoms with Gasteiger partial charge in [0.05, 0.1) is 11.0 Å². The summed E-state index contributed by atoms with van der Waals surface area (Å²) in [5.41, 5.74) is 11.1. The van der Waals surface area contributed by atoms with Crippen LogP contribution in [0.5, 0.6) is 0 Å². The number of hydrogen-bond acceptors (Lipinski definition) is 2. The van der Waals surface area contributed by atoms with Crippen LogP contribution in [0.2, 0.25) is 5.02 Å². The number of aromatic nitrogens is 2. The van der Waals surface area contributed by atoms with E-state index in [1.54, 1.807) is 0 Å². The lowest BCUT2D eigenvalue weighted by atomic mass is 10.1. The summed E-state index contributed by atoms with van der Waals surface area (Å²) in [7, 11) is 0. The molecule has 0 bridgehead atoms. The molecule has 0 fully saturated rings. The molecule has 0 aliphatic heterocycles. The predicted molar refractivity (Wildman–Crippen MR) is 88.5 cm³/mol. The van der Waals surface area contributed by atoms with E-state index in [-0.39, 0.29) is 0 Å². The molecule has 0 spiro atoms. The molecule has 1 heterocycles. The van der Waals surface area contributed by atoms with E-state index in [1.165, 1.54) is 0 Å². The van der Waals surface area contributed by atoms with Crippen molar-refractivity contribution < 1.29 is 0 Å². The van der Waals surface area contributed by atoms with Gasteiger partial charge in [0.15, 0.2) is 0 Å². The molecular weight excluding hydrogens is 282 g/mol. The number of fused-ring (bicyclic) bond motifs is 1. The van der Waals surface area contributed by atoms with E-state index in [4.69, 9.17) is 22.3 Å². The minimum absolute atomic E-state index is 0.532. The van der Waals surface area contributed by atoms with E-state index < -0.39 is 0 Å². The first kappa shape index (κ1) is 14.1. The number of nitrogens with zero attached hydrogens (tertiary/aromatic N) is 2. The SMILES string of the molecule is CCn1c(-c2ccc(Cl)c(C)c2)nc2cc(CN)ccc21. The van der Waals surface area contributed by atoms with Gasteiger partial charge in [-0.3, -0.25) is 0 Å². The zero-order chi connectivity index (χ0) is 15.0. The van der Waals surface area contributed by atoms with Gasteiger partial charge in [0, 0.05) is 23.7 Å². The summed E-state index contributed by atoms with van der Waals surface area (Å²) >= 11 is 6.12. The van der Waals surface area contributed by atoms with Crippen molar-refractivity contribution in [1.82, 2.24) is 9.55 Å². The molecule has 2 aromatic carbocycles. The molecule has 0 saturated heterocycles. The molecule has 0 amide bonds. The molecule has 0 aliphatic carbocycles. The van der Waals surface area contributed by atoms with Crippen molar-refractivity contribution in [3.8, 4) is 11.4 Å². The fourth-order valence-electron chi connectivity index (χ4n) is 2.63. The second-order valence-corrected chi connectivity index (χ2v) is 5.58. The first-order chi connectivity index (χ1) is 10.1. The van der Waals surface area contributed by atoms with Crippen molar-refractivity contribution in [1.29, 1.82) is 0 Å². The third-order valence-electron chi connectivity index (χ3n) is 3.78. The van der Waals surface area contributed by atoms with Gasteiger partial charge in [-0.25, -0.2) is 4.98 Å². The molecule has 4 heteroatoms. The highest BCUT2D eigenvalue weighted by molar-refractivity contribution is 6.31. The molecule has 0 radical (unpaired) electrons. The summed E-state index contributed by atoms with van der Waals surface area (Å²) in [5.74, 6) is 0.974. The number of nitrogens with two attached hydrogens (primary N) is 1. The Kier molecular flexibility index (Phi) is 3.70. The Morgan fingerprint density at radius 1 is 1.19 bits per heavy atom. The summed E-state index contributed by atoms with van der Waals surface area (Å²) in [6.07, 6.45) is 0. The molecule has 3 rings (SSSR count). The molecule has 0 atom stereocenters. The topological polar surface area (TPSA) is 43.8 Å². The van der Waals surface area contributed by atoms with Crippen molar-refractivity contribution >= 4 is 22.6 Å². The maximum absolute atomic E-state index is 6.12. The lowest BCUT2D eigenvalue weighted by Gasteiger charge is -2.07. The number of hydrogen-bond donors (Lipinski definition) is 1. The van der Waals surface area contributed by atoms with Crippen LogP contribution in [-0.4, -0.2) is 9.55 Å². The first-order valence-corrected chi connectivity index (χ1v) is 7.47. The number of imidazole rings is 1. The lowest BCUT2D eigenvalue weighted by Crippen LogP contribution is -1.98. The quantitative estimate of drug-likeness (QED) is 0.790. The van der Waals surface area contributed by atoms with Crippen LogP contribution in [0.1, 0.15) is 18.1 Å². The Morgan fingerprint density at radius 2 is 2.00 bits per heavy atom. The highest BCUT2D eigenvalue weighted by atomic mass is 35.5. The molecule has 1 aromatic heterocycles. The van der Waals surface area contributed by atoms with Crippen LogP contribution in [-0.2, 0) is 13.1 Å². The van der Waals surface area contributed by atoms with E-state index in [1.807, 2.05) is 19.1 Å². The van der Waals surface area contributed by atoms with Crippen molar-refractivity contribution in [2.45, 2.75) is 26.9 Å². The number of halogens is 1. The Hall–Kier alpha value is -1.84. The lowest BCUT2D eigenvalue weighted by molar-refractivity contribution is 0.796. The van der Waals surface area contributed by atoms with Crippen molar-refractivity contribution in [3.63, 3.8) is 0 Å². The van der Waals surface area contributed by atoms with Gasteiger partial charge in [-0.2, -0.15) is 0 Å². The van der Waals surface area contributed by atoms with Gasteiger partial charge in [0.25, 0.3) is 0 Å². The molecule has 3 nitrogen and oxygen atoms in total. The van der Waals surface area contributed by atoms with E-state index >= 15 is 0 Å². The Bertz CT molecular complexity index is 805. The smallest absolute Gasteiger partial charge is 0.141 e. The second-order valence-electron chi connectivity index (χ2n) is 5.17.